The van der Waals surface area contributed by atoms with Crippen LogP contribution in [0.25, 0.3) is 0 Å². The van der Waals surface area contributed by atoms with E-state index in [1.54, 1.807) is 40.0 Å². The molecular formula is C14H24N2O4S2. The predicted octanol–water partition coefficient (Wildman–Crippen LogP) is 2.59. The molecule has 126 valence electrons. The van der Waals surface area contributed by atoms with Crippen molar-refractivity contribution in [2.75, 3.05) is 20.1 Å². The van der Waals surface area contributed by atoms with Crippen LogP contribution >= 0.6 is 11.3 Å². The van der Waals surface area contributed by atoms with Gasteiger partial charge in [-0.05, 0) is 46.2 Å². The van der Waals surface area contributed by atoms with E-state index in [-0.39, 0.29) is 6.54 Å². The quantitative estimate of drug-likeness (QED) is 0.802. The highest BCUT2D eigenvalue weighted by atomic mass is 32.2. The fourth-order valence-electron chi connectivity index (χ4n) is 1.58. The Hall–Kier alpha value is -1.12. The van der Waals surface area contributed by atoms with Gasteiger partial charge in [-0.2, -0.15) is 0 Å². The van der Waals surface area contributed by atoms with Crippen LogP contribution in [-0.4, -0.2) is 45.1 Å². The molecule has 0 aliphatic carbocycles. The Bertz CT molecular complexity index is 603. The summed E-state index contributed by atoms with van der Waals surface area (Å²) in [5.74, 6) is 0. The maximum absolute atomic E-state index is 12.0. The first-order chi connectivity index (χ1) is 10.0. The van der Waals surface area contributed by atoms with Gasteiger partial charge in [-0.3, -0.25) is 0 Å². The monoisotopic (exact) mass is 348 g/mol. The van der Waals surface area contributed by atoms with Crippen molar-refractivity contribution < 1.29 is 17.9 Å². The number of hydrogen-bond acceptors (Lipinski definition) is 5. The lowest BCUT2D eigenvalue weighted by Crippen LogP contribution is -2.36. The topological polar surface area (TPSA) is 75.7 Å². The molecule has 1 amide bonds. The number of thiophene rings is 1. The molecule has 0 saturated carbocycles. The number of sulfonamides is 1. The Balaban J connectivity index is 2.37. The van der Waals surface area contributed by atoms with Crippen LogP contribution in [0.5, 0.6) is 0 Å². The van der Waals surface area contributed by atoms with Crippen LogP contribution in [0.15, 0.2) is 16.3 Å². The van der Waals surface area contributed by atoms with E-state index in [9.17, 15) is 13.2 Å². The third-order valence-electron chi connectivity index (χ3n) is 2.65. The molecule has 1 heterocycles. The number of carbonyl (C=O) groups excluding carboxylic acids is 1. The van der Waals surface area contributed by atoms with Crippen LogP contribution < -0.4 is 4.72 Å². The predicted molar refractivity (Wildman–Crippen MR) is 87.7 cm³/mol. The van der Waals surface area contributed by atoms with Gasteiger partial charge in [0.2, 0.25) is 10.0 Å². The number of hydrogen-bond donors (Lipinski definition) is 1. The summed E-state index contributed by atoms with van der Waals surface area (Å²) in [6, 6.07) is 3.37. The van der Waals surface area contributed by atoms with Crippen LogP contribution in [0.4, 0.5) is 4.79 Å². The molecule has 0 radical (unpaired) electrons. The number of amides is 1. The molecule has 6 nitrogen and oxygen atoms in total. The van der Waals surface area contributed by atoms with Gasteiger partial charge in [0.05, 0.1) is 0 Å². The van der Waals surface area contributed by atoms with Crippen molar-refractivity contribution in [3.8, 4) is 0 Å². The highest BCUT2D eigenvalue weighted by molar-refractivity contribution is 7.91. The molecule has 0 unspecified atom stereocenters. The van der Waals surface area contributed by atoms with Crippen molar-refractivity contribution in [3.63, 3.8) is 0 Å². The minimum atomic E-state index is -3.45. The summed E-state index contributed by atoms with van der Waals surface area (Å²) in [7, 11) is -1.82. The Morgan fingerprint density at radius 3 is 2.50 bits per heavy atom. The Labute approximate surface area is 136 Å². The SMILES string of the molecule is Cc1ccc(S(=O)(=O)NCCCN(C)C(=O)OC(C)(C)C)s1. The van der Waals surface area contributed by atoms with Gasteiger partial charge >= 0.3 is 6.09 Å². The molecule has 8 heteroatoms. The zero-order valence-corrected chi connectivity index (χ0v) is 15.3. The second-order valence-corrected chi connectivity index (χ2v) is 9.30. The molecule has 1 aromatic heterocycles. The van der Waals surface area contributed by atoms with Crippen molar-refractivity contribution in [1.29, 1.82) is 0 Å². The van der Waals surface area contributed by atoms with E-state index in [4.69, 9.17) is 4.74 Å². The van der Waals surface area contributed by atoms with Crippen LogP contribution in [0.3, 0.4) is 0 Å². The van der Waals surface area contributed by atoms with Crippen LogP contribution in [0.1, 0.15) is 32.1 Å². The number of aryl methyl sites for hydroxylation is 1. The molecule has 1 rings (SSSR count). The van der Waals surface area contributed by atoms with E-state index < -0.39 is 21.7 Å². The maximum atomic E-state index is 12.0. The summed E-state index contributed by atoms with van der Waals surface area (Å²) in [6.07, 6.45) is 0.100. The summed E-state index contributed by atoms with van der Waals surface area (Å²) in [4.78, 5) is 14.1. The molecule has 0 atom stereocenters. The van der Waals surface area contributed by atoms with Gasteiger partial charge in [0.15, 0.2) is 0 Å². The average Bonchev–Trinajstić information content (AvgIpc) is 2.80. The largest absolute Gasteiger partial charge is 0.444 e. The zero-order chi connectivity index (χ0) is 17.0. The number of rotatable bonds is 6. The first kappa shape index (κ1) is 18.9. The molecule has 0 bridgehead atoms. The van der Waals surface area contributed by atoms with Crippen LogP contribution in [-0.2, 0) is 14.8 Å². The molecular weight excluding hydrogens is 324 g/mol. The minimum absolute atomic E-state index is 0.270. The van der Waals surface area contributed by atoms with E-state index in [1.807, 2.05) is 6.92 Å². The molecule has 0 aliphatic heterocycles. The van der Waals surface area contributed by atoms with Gasteiger partial charge in [-0.15, -0.1) is 11.3 Å². The number of nitrogens with one attached hydrogen (secondary N) is 1. The lowest BCUT2D eigenvalue weighted by atomic mass is 10.2. The first-order valence-electron chi connectivity index (χ1n) is 7.01. The normalized spacial score (nSPS) is 12.2. The van der Waals surface area contributed by atoms with Gasteiger partial charge in [-0.25, -0.2) is 17.9 Å². The van der Waals surface area contributed by atoms with E-state index in [1.165, 1.54) is 16.2 Å². The third kappa shape index (κ3) is 6.33. The number of carbonyl (C=O) groups is 1. The van der Waals surface area contributed by atoms with Crippen molar-refractivity contribution in [2.45, 2.75) is 43.9 Å². The Morgan fingerprint density at radius 1 is 1.36 bits per heavy atom. The minimum Gasteiger partial charge on any atom is -0.444 e. The van der Waals surface area contributed by atoms with Crippen molar-refractivity contribution in [3.05, 3.63) is 17.0 Å². The smallest absolute Gasteiger partial charge is 0.410 e. The molecule has 0 fully saturated rings. The fourth-order valence-corrected chi connectivity index (χ4v) is 3.98. The van der Waals surface area contributed by atoms with Gasteiger partial charge < -0.3 is 9.64 Å². The van der Waals surface area contributed by atoms with Crippen molar-refractivity contribution in [1.82, 2.24) is 9.62 Å². The average molecular weight is 348 g/mol. The van der Waals surface area contributed by atoms with E-state index >= 15 is 0 Å². The van der Waals surface area contributed by atoms with Crippen LogP contribution in [0.2, 0.25) is 0 Å². The standard InChI is InChI=1S/C14H24N2O4S2/c1-11-7-8-12(21-11)22(18,19)15-9-6-10-16(5)13(17)20-14(2,3)4/h7-8,15H,6,9-10H2,1-5H3. The highest BCUT2D eigenvalue weighted by Gasteiger charge is 2.20. The molecule has 0 saturated heterocycles. The summed E-state index contributed by atoms with van der Waals surface area (Å²) >= 11 is 1.24. The molecule has 0 aromatic carbocycles. The van der Waals surface area contributed by atoms with Gasteiger partial charge in [0.1, 0.15) is 9.81 Å². The second-order valence-electron chi connectivity index (χ2n) is 6.02. The number of ether oxygens (including phenoxy) is 1. The molecule has 1 aromatic rings. The van der Waals surface area contributed by atoms with Gasteiger partial charge in [0, 0.05) is 25.0 Å². The highest BCUT2D eigenvalue weighted by Crippen LogP contribution is 2.20. The van der Waals surface area contributed by atoms with E-state index in [0.717, 1.165) is 4.88 Å². The molecule has 0 aliphatic rings. The molecule has 0 spiro atoms. The van der Waals surface area contributed by atoms with Crippen molar-refractivity contribution in [2.24, 2.45) is 0 Å². The Kier molecular flexibility index (Phi) is 6.39. The number of nitrogens with zero attached hydrogens (tertiary/aromatic N) is 1. The van der Waals surface area contributed by atoms with Gasteiger partial charge in [0.25, 0.3) is 0 Å². The third-order valence-corrected chi connectivity index (χ3v) is 5.60. The second kappa shape index (κ2) is 7.43. The molecule has 1 N–H and O–H groups in total. The fraction of sp³-hybridized carbons (Fsp3) is 0.643. The maximum Gasteiger partial charge on any atom is 0.410 e. The lowest BCUT2D eigenvalue weighted by Gasteiger charge is -2.24. The summed E-state index contributed by atoms with van der Waals surface area (Å²) in [5.41, 5.74) is -0.538. The van der Waals surface area contributed by atoms with Crippen molar-refractivity contribution >= 4 is 27.5 Å². The lowest BCUT2D eigenvalue weighted by molar-refractivity contribution is 0.0298. The zero-order valence-electron chi connectivity index (χ0n) is 13.7. The summed E-state index contributed by atoms with van der Waals surface area (Å²) in [5, 5.41) is 0. The Morgan fingerprint density at radius 2 is 2.00 bits per heavy atom. The van der Waals surface area contributed by atoms with E-state index in [0.29, 0.717) is 17.2 Å². The van der Waals surface area contributed by atoms with Crippen LogP contribution in [0, 0.1) is 6.92 Å². The van der Waals surface area contributed by atoms with E-state index in [2.05, 4.69) is 4.72 Å². The molecule has 22 heavy (non-hydrogen) atoms. The summed E-state index contributed by atoms with van der Waals surface area (Å²) < 4.78 is 32.1. The van der Waals surface area contributed by atoms with Gasteiger partial charge in [-0.1, -0.05) is 0 Å². The first-order valence-corrected chi connectivity index (χ1v) is 9.31. The summed E-state index contributed by atoms with van der Waals surface area (Å²) in [6.45, 7) is 7.95.